The number of ether oxygens (including phenoxy) is 1. The van der Waals surface area contributed by atoms with Crippen LogP contribution in [0.4, 0.5) is 29.5 Å². The van der Waals surface area contributed by atoms with Crippen LogP contribution in [0.15, 0.2) is 12.1 Å². The van der Waals surface area contributed by atoms with Crippen LogP contribution >= 0.6 is 11.3 Å². The van der Waals surface area contributed by atoms with Gasteiger partial charge in [0.15, 0.2) is 0 Å². The quantitative estimate of drug-likeness (QED) is 0.640. The highest BCUT2D eigenvalue weighted by molar-refractivity contribution is 7.11. The number of aromatic nitrogens is 2. The van der Waals surface area contributed by atoms with Crippen LogP contribution in [0, 0.1) is 13.8 Å². The summed E-state index contributed by atoms with van der Waals surface area (Å²) in [6.07, 6.45) is -5.82. The molecule has 4 heterocycles. The van der Waals surface area contributed by atoms with Crippen molar-refractivity contribution in [3.63, 3.8) is 0 Å². The van der Waals surface area contributed by atoms with Gasteiger partial charge in [-0.1, -0.05) is 0 Å². The smallest absolute Gasteiger partial charge is 0.413 e. The van der Waals surface area contributed by atoms with E-state index in [1.165, 1.54) is 17.4 Å². The van der Waals surface area contributed by atoms with Crippen LogP contribution in [0.25, 0.3) is 0 Å². The fourth-order valence-corrected chi connectivity index (χ4v) is 5.32. The molecule has 3 atom stereocenters. The molecule has 0 aliphatic carbocycles. The van der Waals surface area contributed by atoms with Crippen molar-refractivity contribution in [1.82, 2.24) is 9.97 Å². The topological polar surface area (TPSA) is 99.0 Å². The molecule has 1 amide bonds. The van der Waals surface area contributed by atoms with Gasteiger partial charge in [-0.15, -0.1) is 11.3 Å². The summed E-state index contributed by atoms with van der Waals surface area (Å²) >= 11 is 1.42. The summed E-state index contributed by atoms with van der Waals surface area (Å²) in [6, 6.07) is 3.05. The first-order valence-corrected chi connectivity index (χ1v) is 11.4. The molecule has 2 aromatic heterocycles. The van der Waals surface area contributed by atoms with Crippen LogP contribution < -0.4 is 9.80 Å². The molecule has 2 aromatic rings. The van der Waals surface area contributed by atoms with Crippen LogP contribution in [0.1, 0.15) is 40.2 Å². The summed E-state index contributed by atoms with van der Waals surface area (Å²) in [5.41, 5.74) is 1.48. The molecule has 2 fully saturated rings. The fraction of sp³-hybridized carbons (Fsp3) is 0.571. The van der Waals surface area contributed by atoms with Crippen LogP contribution in [-0.4, -0.2) is 64.3 Å². The van der Waals surface area contributed by atoms with E-state index in [4.69, 9.17) is 4.74 Å². The van der Waals surface area contributed by atoms with Crippen molar-refractivity contribution in [2.75, 3.05) is 29.6 Å². The molecule has 2 bridgehead atoms. The molecule has 2 N–H and O–H groups in total. The Bertz CT molecular complexity index is 996. The third-order valence-corrected chi connectivity index (χ3v) is 7.08. The number of nitrogens with zero attached hydrogens (tertiary/aromatic N) is 4. The third kappa shape index (κ3) is 5.22. The van der Waals surface area contributed by atoms with Crippen LogP contribution in [0.5, 0.6) is 0 Å². The Labute approximate surface area is 192 Å². The lowest BCUT2D eigenvalue weighted by Crippen LogP contribution is -2.46. The van der Waals surface area contributed by atoms with E-state index in [9.17, 15) is 28.2 Å². The van der Waals surface area contributed by atoms with Crippen LogP contribution in [0.3, 0.4) is 0 Å². The van der Waals surface area contributed by atoms with Crippen molar-refractivity contribution >= 4 is 28.9 Å². The van der Waals surface area contributed by atoms with Gasteiger partial charge in [0.05, 0.1) is 41.7 Å². The maximum absolute atomic E-state index is 13.1. The number of fused-ring (bicyclic) bond motifs is 2. The molecule has 2 aliphatic rings. The SMILES string of the molecule is Cc1nc(CC(O)c2cc(N3C4CCC3COC4)cc(N(CC(F)(F)F)C(=O)O)n2)sc1C. The molecule has 12 heteroatoms. The van der Waals surface area contributed by atoms with Crippen molar-refractivity contribution in [2.45, 2.75) is 57.5 Å². The van der Waals surface area contributed by atoms with Crippen molar-refractivity contribution in [1.29, 1.82) is 0 Å². The van der Waals surface area contributed by atoms with E-state index < -0.39 is 24.9 Å². The van der Waals surface area contributed by atoms with Gasteiger partial charge in [-0.2, -0.15) is 13.2 Å². The molecule has 3 unspecified atom stereocenters. The van der Waals surface area contributed by atoms with E-state index in [1.807, 2.05) is 13.8 Å². The van der Waals surface area contributed by atoms with Gasteiger partial charge in [0.2, 0.25) is 0 Å². The summed E-state index contributed by atoms with van der Waals surface area (Å²) in [7, 11) is 0. The monoisotopic (exact) mass is 486 g/mol. The van der Waals surface area contributed by atoms with Gasteiger partial charge in [0.1, 0.15) is 18.5 Å². The summed E-state index contributed by atoms with van der Waals surface area (Å²) in [5, 5.41) is 21.1. The number of carbonyl (C=O) groups is 1. The number of anilines is 2. The number of hydrogen-bond donors (Lipinski definition) is 2. The zero-order chi connectivity index (χ0) is 23.9. The van der Waals surface area contributed by atoms with E-state index in [1.54, 1.807) is 6.07 Å². The molecule has 180 valence electrons. The van der Waals surface area contributed by atoms with Gasteiger partial charge in [-0.25, -0.2) is 14.8 Å². The Morgan fingerprint density at radius 2 is 1.94 bits per heavy atom. The number of thiazole rings is 1. The van der Waals surface area contributed by atoms with Gasteiger partial charge in [-0.05, 0) is 32.8 Å². The number of aliphatic hydroxyl groups is 1. The van der Waals surface area contributed by atoms with E-state index >= 15 is 0 Å². The van der Waals surface area contributed by atoms with Gasteiger partial charge in [0, 0.05) is 23.1 Å². The molecule has 2 saturated heterocycles. The highest BCUT2D eigenvalue weighted by Crippen LogP contribution is 2.37. The average molecular weight is 487 g/mol. The van der Waals surface area contributed by atoms with Crippen LogP contribution in [0.2, 0.25) is 0 Å². The fourth-order valence-electron chi connectivity index (χ4n) is 4.35. The summed E-state index contributed by atoms with van der Waals surface area (Å²) in [6.45, 7) is 3.03. The number of halogens is 3. The Morgan fingerprint density at radius 1 is 1.27 bits per heavy atom. The van der Waals surface area contributed by atoms with Gasteiger partial charge in [-0.3, -0.25) is 4.90 Å². The maximum atomic E-state index is 13.1. The number of pyridine rings is 1. The van der Waals surface area contributed by atoms with Crippen molar-refractivity contribution < 1.29 is 32.9 Å². The number of morpholine rings is 1. The molecule has 4 rings (SSSR count). The minimum atomic E-state index is -4.75. The Hall–Kier alpha value is -2.44. The first-order valence-electron chi connectivity index (χ1n) is 10.6. The Morgan fingerprint density at radius 3 is 2.48 bits per heavy atom. The van der Waals surface area contributed by atoms with E-state index in [0.29, 0.717) is 23.9 Å². The first kappa shape index (κ1) is 23.7. The highest BCUT2D eigenvalue weighted by Gasteiger charge is 2.39. The molecule has 0 aromatic carbocycles. The normalized spacial score (nSPS) is 21.3. The summed E-state index contributed by atoms with van der Waals surface area (Å²) in [4.78, 5) is 23.5. The molecule has 2 aliphatic heterocycles. The second kappa shape index (κ2) is 9.07. The van der Waals surface area contributed by atoms with E-state index in [0.717, 1.165) is 23.4 Å². The van der Waals surface area contributed by atoms with Crippen LogP contribution in [-0.2, 0) is 11.2 Å². The molecule has 8 nitrogen and oxygen atoms in total. The highest BCUT2D eigenvalue weighted by atomic mass is 32.1. The molecule has 0 radical (unpaired) electrons. The zero-order valence-electron chi connectivity index (χ0n) is 18.2. The van der Waals surface area contributed by atoms with Crippen molar-refractivity contribution in [3.05, 3.63) is 33.4 Å². The largest absolute Gasteiger partial charge is 0.465 e. The summed E-state index contributed by atoms with van der Waals surface area (Å²) < 4.78 is 44.9. The van der Waals surface area contributed by atoms with E-state index in [-0.39, 0.29) is 34.9 Å². The van der Waals surface area contributed by atoms with Gasteiger partial charge < -0.3 is 19.8 Å². The number of carboxylic acid groups (broad SMARTS) is 1. The van der Waals surface area contributed by atoms with Gasteiger partial charge in [0.25, 0.3) is 0 Å². The first-order chi connectivity index (χ1) is 15.5. The number of aliphatic hydroxyl groups excluding tert-OH is 1. The lowest BCUT2D eigenvalue weighted by Gasteiger charge is -2.37. The Kier molecular flexibility index (Phi) is 6.52. The molecule has 33 heavy (non-hydrogen) atoms. The predicted molar refractivity (Wildman–Crippen MR) is 116 cm³/mol. The average Bonchev–Trinajstić information content (AvgIpc) is 3.18. The second-order valence-electron chi connectivity index (χ2n) is 8.39. The number of hydrogen-bond acceptors (Lipinski definition) is 7. The van der Waals surface area contributed by atoms with Gasteiger partial charge >= 0.3 is 12.3 Å². The molecular weight excluding hydrogens is 461 g/mol. The standard InChI is InChI=1S/C21H25F3N4O4S/c1-11-12(2)33-19(25-11)7-17(29)16-5-15(28-13-3-4-14(28)9-32-8-13)6-18(26-16)27(20(30)31)10-21(22,23)24/h5-6,13-14,17,29H,3-4,7-10H2,1-2H3,(H,30,31). The minimum absolute atomic E-state index is 0.0362. The lowest BCUT2D eigenvalue weighted by molar-refractivity contribution is -0.119. The molecule has 0 saturated carbocycles. The lowest BCUT2D eigenvalue weighted by atomic mass is 10.1. The Balaban J connectivity index is 1.73. The number of amides is 1. The zero-order valence-corrected chi connectivity index (χ0v) is 19.0. The number of rotatable bonds is 6. The van der Waals surface area contributed by atoms with E-state index in [2.05, 4.69) is 14.9 Å². The molecule has 0 spiro atoms. The van der Waals surface area contributed by atoms with Crippen molar-refractivity contribution in [2.24, 2.45) is 0 Å². The third-order valence-electron chi connectivity index (χ3n) is 5.98. The molecular formula is C21H25F3N4O4S. The maximum Gasteiger partial charge on any atom is 0.413 e. The number of aryl methyl sites for hydroxylation is 2. The summed E-state index contributed by atoms with van der Waals surface area (Å²) in [5.74, 6) is -0.372. The minimum Gasteiger partial charge on any atom is -0.465 e. The number of alkyl halides is 3. The van der Waals surface area contributed by atoms with Crippen molar-refractivity contribution in [3.8, 4) is 0 Å². The second-order valence-corrected chi connectivity index (χ2v) is 9.68. The predicted octanol–water partition coefficient (Wildman–Crippen LogP) is 3.85.